The molecule has 92 valence electrons. The molecule has 0 bridgehead atoms. The van der Waals surface area contributed by atoms with Crippen LogP contribution in [0.25, 0.3) is 0 Å². The summed E-state index contributed by atoms with van der Waals surface area (Å²) in [7, 11) is 0. The van der Waals surface area contributed by atoms with Crippen molar-refractivity contribution in [3.05, 3.63) is 34.9 Å². The van der Waals surface area contributed by atoms with E-state index in [0.29, 0.717) is 12.1 Å². The van der Waals surface area contributed by atoms with Gasteiger partial charge in [0, 0.05) is 17.5 Å². The first kappa shape index (κ1) is 12.1. The Morgan fingerprint density at radius 2 is 2.06 bits per heavy atom. The lowest BCUT2D eigenvalue weighted by Crippen LogP contribution is -2.31. The number of nitrogens with one attached hydrogen (secondary N) is 1. The first-order chi connectivity index (χ1) is 8.06. The molecular weight excluding hydrogens is 214 g/mol. The molecule has 17 heavy (non-hydrogen) atoms. The molecule has 3 heteroatoms. The van der Waals surface area contributed by atoms with Gasteiger partial charge in [-0.1, -0.05) is 6.07 Å². The average molecular weight is 233 g/mol. The standard InChI is InChI=1S/C14H19NO2/c1-10-3-4-12(7-11(10)2)13(17)15-8-14(9-16)5-6-14/h3-4,7,16H,5-6,8-9H2,1-2H3,(H,15,17). The number of aliphatic hydroxyl groups is 1. The third-order valence-electron chi connectivity index (χ3n) is 3.69. The zero-order chi connectivity index (χ0) is 12.5. The van der Waals surface area contributed by atoms with Gasteiger partial charge >= 0.3 is 0 Å². The highest BCUT2D eigenvalue weighted by atomic mass is 16.3. The summed E-state index contributed by atoms with van der Waals surface area (Å²) in [6.45, 7) is 4.78. The Morgan fingerprint density at radius 3 is 2.59 bits per heavy atom. The van der Waals surface area contributed by atoms with Crippen molar-refractivity contribution in [1.82, 2.24) is 5.32 Å². The average Bonchev–Trinajstić information content (AvgIpc) is 3.10. The van der Waals surface area contributed by atoms with Crippen molar-refractivity contribution in [1.29, 1.82) is 0 Å². The van der Waals surface area contributed by atoms with Gasteiger partial charge < -0.3 is 10.4 Å². The summed E-state index contributed by atoms with van der Waals surface area (Å²) in [5.41, 5.74) is 2.98. The number of aryl methyl sites for hydroxylation is 2. The van der Waals surface area contributed by atoms with Gasteiger partial charge in [0.15, 0.2) is 0 Å². The predicted molar refractivity (Wildman–Crippen MR) is 67.0 cm³/mol. The first-order valence-corrected chi connectivity index (χ1v) is 6.03. The number of rotatable bonds is 4. The van der Waals surface area contributed by atoms with Crippen LogP contribution in [0.4, 0.5) is 0 Å². The molecule has 1 aliphatic carbocycles. The van der Waals surface area contributed by atoms with E-state index in [1.54, 1.807) is 0 Å². The molecular formula is C14H19NO2. The van der Waals surface area contributed by atoms with Gasteiger partial charge in [0.1, 0.15) is 0 Å². The zero-order valence-corrected chi connectivity index (χ0v) is 10.4. The highest BCUT2D eigenvalue weighted by molar-refractivity contribution is 5.94. The van der Waals surface area contributed by atoms with E-state index >= 15 is 0 Å². The summed E-state index contributed by atoms with van der Waals surface area (Å²) in [5, 5.41) is 12.1. The van der Waals surface area contributed by atoms with Gasteiger partial charge in [0.2, 0.25) is 0 Å². The fourth-order valence-corrected chi connectivity index (χ4v) is 1.82. The maximum Gasteiger partial charge on any atom is 0.251 e. The summed E-state index contributed by atoms with van der Waals surface area (Å²) in [4.78, 5) is 11.9. The maximum absolute atomic E-state index is 11.9. The third-order valence-corrected chi connectivity index (χ3v) is 3.69. The van der Waals surface area contributed by atoms with Crippen LogP contribution in [-0.2, 0) is 0 Å². The van der Waals surface area contributed by atoms with Gasteiger partial charge in [-0.3, -0.25) is 4.79 Å². The Bertz CT molecular complexity index is 436. The number of aliphatic hydroxyl groups excluding tert-OH is 1. The first-order valence-electron chi connectivity index (χ1n) is 6.03. The molecule has 2 N–H and O–H groups in total. The molecule has 0 heterocycles. The van der Waals surface area contributed by atoms with Crippen molar-refractivity contribution in [2.24, 2.45) is 5.41 Å². The molecule has 0 aromatic heterocycles. The van der Waals surface area contributed by atoms with Gasteiger partial charge in [-0.25, -0.2) is 0 Å². The lowest BCUT2D eigenvalue weighted by molar-refractivity contribution is 0.0935. The van der Waals surface area contributed by atoms with E-state index < -0.39 is 0 Å². The molecule has 0 saturated heterocycles. The molecule has 0 radical (unpaired) electrons. The Morgan fingerprint density at radius 1 is 1.35 bits per heavy atom. The van der Waals surface area contributed by atoms with Crippen LogP contribution >= 0.6 is 0 Å². The zero-order valence-electron chi connectivity index (χ0n) is 10.4. The molecule has 1 saturated carbocycles. The van der Waals surface area contributed by atoms with E-state index in [4.69, 9.17) is 5.11 Å². The molecule has 1 aromatic rings. The van der Waals surface area contributed by atoms with Crippen LogP contribution in [0.2, 0.25) is 0 Å². The van der Waals surface area contributed by atoms with E-state index in [1.807, 2.05) is 32.0 Å². The largest absolute Gasteiger partial charge is 0.396 e. The van der Waals surface area contributed by atoms with Crippen molar-refractivity contribution in [3.63, 3.8) is 0 Å². The van der Waals surface area contributed by atoms with Crippen molar-refractivity contribution < 1.29 is 9.90 Å². The molecule has 0 spiro atoms. The lowest BCUT2D eigenvalue weighted by atomic mass is 10.1. The maximum atomic E-state index is 11.9. The topological polar surface area (TPSA) is 49.3 Å². The van der Waals surface area contributed by atoms with Crippen LogP contribution in [0, 0.1) is 19.3 Å². The Balaban J connectivity index is 1.97. The highest BCUT2D eigenvalue weighted by Gasteiger charge is 2.42. The van der Waals surface area contributed by atoms with Crippen LogP contribution in [0.5, 0.6) is 0 Å². The Hall–Kier alpha value is -1.35. The second-order valence-electron chi connectivity index (χ2n) is 5.14. The fraction of sp³-hybridized carbons (Fsp3) is 0.500. The molecule has 1 aromatic carbocycles. The minimum Gasteiger partial charge on any atom is -0.396 e. The van der Waals surface area contributed by atoms with E-state index in [-0.39, 0.29) is 17.9 Å². The summed E-state index contributed by atoms with van der Waals surface area (Å²) < 4.78 is 0. The van der Waals surface area contributed by atoms with Crippen LogP contribution < -0.4 is 5.32 Å². The summed E-state index contributed by atoms with van der Waals surface area (Å²) in [5.74, 6) is -0.0483. The van der Waals surface area contributed by atoms with Gasteiger partial charge in [-0.15, -0.1) is 0 Å². The molecule has 0 atom stereocenters. The van der Waals surface area contributed by atoms with E-state index in [2.05, 4.69) is 5.32 Å². The van der Waals surface area contributed by atoms with Crippen molar-refractivity contribution in [2.45, 2.75) is 26.7 Å². The molecule has 0 unspecified atom stereocenters. The molecule has 2 rings (SSSR count). The molecule has 0 aliphatic heterocycles. The Kier molecular flexibility index (Phi) is 3.20. The van der Waals surface area contributed by atoms with Gasteiger partial charge in [0.25, 0.3) is 5.91 Å². The van der Waals surface area contributed by atoms with Crippen LogP contribution in [0.15, 0.2) is 18.2 Å². The highest BCUT2D eigenvalue weighted by Crippen LogP contribution is 2.44. The molecule has 1 fully saturated rings. The fourth-order valence-electron chi connectivity index (χ4n) is 1.82. The molecule has 3 nitrogen and oxygen atoms in total. The second-order valence-corrected chi connectivity index (χ2v) is 5.14. The van der Waals surface area contributed by atoms with Gasteiger partial charge in [0.05, 0.1) is 6.61 Å². The van der Waals surface area contributed by atoms with Crippen LogP contribution in [0.1, 0.15) is 34.3 Å². The van der Waals surface area contributed by atoms with Crippen molar-refractivity contribution in [3.8, 4) is 0 Å². The molecule has 1 aliphatic rings. The van der Waals surface area contributed by atoms with Crippen LogP contribution in [-0.4, -0.2) is 24.2 Å². The Labute approximate surface area is 102 Å². The van der Waals surface area contributed by atoms with Crippen molar-refractivity contribution >= 4 is 5.91 Å². The second kappa shape index (κ2) is 4.49. The summed E-state index contributed by atoms with van der Waals surface area (Å²) in [6, 6.07) is 5.71. The van der Waals surface area contributed by atoms with Crippen molar-refractivity contribution in [2.75, 3.05) is 13.2 Å². The number of amides is 1. The monoisotopic (exact) mass is 233 g/mol. The van der Waals surface area contributed by atoms with Gasteiger partial charge in [-0.05, 0) is 49.9 Å². The van der Waals surface area contributed by atoms with E-state index in [1.165, 1.54) is 5.56 Å². The third kappa shape index (κ3) is 2.67. The summed E-state index contributed by atoms with van der Waals surface area (Å²) in [6.07, 6.45) is 2.02. The number of carbonyl (C=O) groups excluding carboxylic acids is 1. The number of hydrogen-bond donors (Lipinski definition) is 2. The molecule has 1 amide bonds. The SMILES string of the molecule is Cc1ccc(C(=O)NCC2(CO)CC2)cc1C. The summed E-state index contributed by atoms with van der Waals surface area (Å²) >= 11 is 0. The number of benzene rings is 1. The van der Waals surface area contributed by atoms with E-state index in [9.17, 15) is 4.79 Å². The van der Waals surface area contributed by atoms with E-state index in [0.717, 1.165) is 18.4 Å². The normalized spacial score (nSPS) is 16.6. The minimum atomic E-state index is -0.0483. The van der Waals surface area contributed by atoms with Crippen LogP contribution in [0.3, 0.4) is 0 Å². The number of carbonyl (C=O) groups is 1. The predicted octanol–water partition coefficient (Wildman–Crippen LogP) is 1.81. The quantitative estimate of drug-likeness (QED) is 0.833. The minimum absolute atomic E-state index is 0.0323. The number of hydrogen-bond acceptors (Lipinski definition) is 2. The lowest BCUT2D eigenvalue weighted by Gasteiger charge is -2.13. The smallest absolute Gasteiger partial charge is 0.251 e. The van der Waals surface area contributed by atoms with Gasteiger partial charge in [-0.2, -0.15) is 0 Å².